The second kappa shape index (κ2) is 10.7. The molecule has 0 amide bonds. The van der Waals surface area contributed by atoms with Gasteiger partial charge < -0.3 is 14.2 Å². The quantitative estimate of drug-likeness (QED) is 0.366. The molecule has 0 radical (unpaired) electrons. The summed E-state index contributed by atoms with van der Waals surface area (Å²) in [5, 5.41) is 0. The van der Waals surface area contributed by atoms with Gasteiger partial charge in [-0.2, -0.15) is 0 Å². The maximum atomic E-state index is 12.5. The van der Waals surface area contributed by atoms with E-state index in [0.29, 0.717) is 16.7 Å². The van der Waals surface area contributed by atoms with Crippen molar-refractivity contribution < 1.29 is 28.6 Å². The molecule has 4 rings (SSSR count). The molecule has 3 unspecified atom stereocenters. The van der Waals surface area contributed by atoms with E-state index in [-0.39, 0.29) is 36.9 Å². The van der Waals surface area contributed by atoms with Gasteiger partial charge in [0.1, 0.15) is 0 Å². The van der Waals surface area contributed by atoms with Crippen LogP contribution in [0.5, 0.6) is 0 Å². The zero-order chi connectivity index (χ0) is 23.9. The predicted molar refractivity (Wildman–Crippen MR) is 123 cm³/mol. The summed E-state index contributed by atoms with van der Waals surface area (Å²) in [6, 6.07) is 21.1. The fourth-order valence-corrected chi connectivity index (χ4v) is 4.13. The summed E-state index contributed by atoms with van der Waals surface area (Å²) >= 11 is 0. The molecule has 2 aromatic carbocycles. The van der Waals surface area contributed by atoms with E-state index in [4.69, 9.17) is 14.2 Å². The Hall–Kier alpha value is -4.00. The Bertz CT molecular complexity index is 1130. The summed E-state index contributed by atoms with van der Waals surface area (Å²) in [7, 11) is 1.32. The minimum Gasteiger partial charge on any atom is -0.465 e. The topological polar surface area (TPSA) is 91.8 Å². The summed E-state index contributed by atoms with van der Waals surface area (Å²) in [4.78, 5) is 41.0. The molecule has 1 heterocycles. The van der Waals surface area contributed by atoms with Crippen LogP contribution in [0.25, 0.3) is 0 Å². The zero-order valence-corrected chi connectivity index (χ0v) is 18.8. The summed E-state index contributed by atoms with van der Waals surface area (Å²) in [6.07, 6.45) is 2.21. The van der Waals surface area contributed by atoms with Crippen LogP contribution in [0.1, 0.15) is 49.1 Å². The van der Waals surface area contributed by atoms with Crippen LogP contribution in [0.15, 0.2) is 79.0 Å². The molecule has 0 bridgehead atoms. The molecule has 0 saturated heterocycles. The molecule has 7 heteroatoms. The number of ether oxygens (including phenoxy) is 3. The molecule has 1 aromatic heterocycles. The summed E-state index contributed by atoms with van der Waals surface area (Å²) in [5.41, 5.74) is 2.13. The number of aromatic nitrogens is 1. The summed E-state index contributed by atoms with van der Waals surface area (Å²) in [6.45, 7) is 0.393. The van der Waals surface area contributed by atoms with Crippen LogP contribution in [0.4, 0.5) is 0 Å². The van der Waals surface area contributed by atoms with E-state index in [0.717, 1.165) is 12.1 Å². The zero-order valence-electron chi connectivity index (χ0n) is 18.8. The van der Waals surface area contributed by atoms with Crippen LogP contribution in [-0.4, -0.2) is 43.2 Å². The van der Waals surface area contributed by atoms with Gasteiger partial charge in [-0.05, 0) is 42.8 Å². The van der Waals surface area contributed by atoms with Gasteiger partial charge in [0, 0.05) is 29.6 Å². The summed E-state index contributed by atoms with van der Waals surface area (Å²) < 4.78 is 15.9. The first-order valence-corrected chi connectivity index (χ1v) is 11.1. The average Bonchev–Trinajstić information content (AvgIpc) is 2.88. The molecule has 34 heavy (non-hydrogen) atoms. The number of carbonyl (C=O) groups excluding carboxylic acids is 3. The molecule has 3 atom stereocenters. The van der Waals surface area contributed by atoms with Crippen molar-refractivity contribution >= 4 is 17.9 Å². The molecule has 0 spiro atoms. The van der Waals surface area contributed by atoms with Crippen LogP contribution in [0.2, 0.25) is 0 Å². The molecule has 1 saturated carbocycles. The Kier molecular flexibility index (Phi) is 7.32. The minimum absolute atomic E-state index is 0.00991. The SMILES string of the molecule is COC(=O)c1ccc(C2CC(COC(=O)c3ccccc3)C2COC(=O)c2ccccc2)nc1. The maximum absolute atomic E-state index is 12.5. The molecule has 1 fully saturated rings. The second-order valence-electron chi connectivity index (χ2n) is 8.16. The molecule has 1 aliphatic carbocycles. The highest BCUT2D eigenvalue weighted by atomic mass is 16.5. The number of nitrogens with zero attached hydrogens (tertiary/aromatic N) is 1. The van der Waals surface area contributed by atoms with Crippen molar-refractivity contribution in [3.05, 3.63) is 101 Å². The van der Waals surface area contributed by atoms with Gasteiger partial charge in [0.25, 0.3) is 0 Å². The third-order valence-corrected chi connectivity index (χ3v) is 6.12. The van der Waals surface area contributed by atoms with Crippen LogP contribution in [0, 0.1) is 11.8 Å². The molecular weight excluding hydrogens is 434 g/mol. The van der Waals surface area contributed by atoms with Crippen molar-refractivity contribution in [2.45, 2.75) is 12.3 Å². The standard InChI is InChI=1S/C27H25NO6/c1-32-25(29)20-12-13-24(28-15-20)22-14-21(16-33-26(30)18-8-4-2-5-9-18)23(22)17-34-27(31)19-10-6-3-7-11-19/h2-13,15,21-23H,14,16-17H2,1H3. The first-order valence-electron chi connectivity index (χ1n) is 11.1. The molecule has 174 valence electrons. The van der Waals surface area contributed by atoms with Gasteiger partial charge in [0.2, 0.25) is 0 Å². The lowest BCUT2D eigenvalue weighted by Crippen LogP contribution is -2.42. The van der Waals surface area contributed by atoms with Gasteiger partial charge in [-0.3, -0.25) is 4.98 Å². The molecule has 0 aliphatic heterocycles. The number of hydrogen-bond donors (Lipinski definition) is 0. The maximum Gasteiger partial charge on any atom is 0.339 e. The number of hydrogen-bond acceptors (Lipinski definition) is 7. The van der Waals surface area contributed by atoms with Crippen molar-refractivity contribution in [2.75, 3.05) is 20.3 Å². The van der Waals surface area contributed by atoms with E-state index >= 15 is 0 Å². The number of benzene rings is 2. The highest BCUT2D eigenvalue weighted by molar-refractivity contribution is 5.90. The lowest BCUT2D eigenvalue weighted by atomic mass is 9.64. The first-order chi connectivity index (χ1) is 16.6. The van der Waals surface area contributed by atoms with Gasteiger partial charge in [0.05, 0.1) is 37.0 Å². The Labute approximate surface area is 197 Å². The Morgan fingerprint density at radius 2 is 1.35 bits per heavy atom. The van der Waals surface area contributed by atoms with E-state index in [1.165, 1.54) is 13.3 Å². The molecular formula is C27H25NO6. The fraction of sp³-hybridized carbons (Fsp3) is 0.259. The van der Waals surface area contributed by atoms with Crippen molar-refractivity contribution in [1.82, 2.24) is 4.98 Å². The Morgan fingerprint density at radius 3 is 1.88 bits per heavy atom. The monoisotopic (exact) mass is 459 g/mol. The van der Waals surface area contributed by atoms with Gasteiger partial charge in [-0.25, -0.2) is 14.4 Å². The van der Waals surface area contributed by atoms with Gasteiger partial charge in [-0.15, -0.1) is 0 Å². The smallest absolute Gasteiger partial charge is 0.339 e. The summed E-state index contributed by atoms with van der Waals surface area (Å²) in [5.74, 6) is -1.29. The van der Waals surface area contributed by atoms with Gasteiger partial charge >= 0.3 is 17.9 Å². The lowest BCUT2D eigenvalue weighted by molar-refractivity contribution is -0.0157. The average molecular weight is 459 g/mol. The predicted octanol–water partition coefficient (Wildman–Crippen LogP) is 4.30. The number of pyridine rings is 1. The van der Waals surface area contributed by atoms with Crippen LogP contribution < -0.4 is 0 Å². The number of rotatable bonds is 8. The lowest BCUT2D eigenvalue weighted by Gasteiger charge is -2.43. The molecule has 7 nitrogen and oxygen atoms in total. The first kappa shape index (κ1) is 23.2. The van der Waals surface area contributed by atoms with E-state index in [9.17, 15) is 14.4 Å². The van der Waals surface area contributed by atoms with E-state index < -0.39 is 11.9 Å². The third-order valence-electron chi connectivity index (χ3n) is 6.12. The number of carbonyl (C=O) groups is 3. The van der Waals surface area contributed by atoms with Gasteiger partial charge in [0.15, 0.2) is 0 Å². The fourth-order valence-electron chi connectivity index (χ4n) is 4.13. The van der Waals surface area contributed by atoms with Crippen LogP contribution >= 0.6 is 0 Å². The van der Waals surface area contributed by atoms with E-state index in [2.05, 4.69) is 4.98 Å². The molecule has 1 aliphatic rings. The Balaban J connectivity index is 1.43. The third kappa shape index (κ3) is 5.31. The Morgan fingerprint density at radius 1 is 0.765 bits per heavy atom. The normalized spacial score (nSPS) is 18.9. The second-order valence-corrected chi connectivity index (χ2v) is 8.16. The van der Waals surface area contributed by atoms with Crippen molar-refractivity contribution in [3.63, 3.8) is 0 Å². The van der Waals surface area contributed by atoms with Gasteiger partial charge in [-0.1, -0.05) is 36.4 Å². The number of esters is 3. The number of methoxy groups -OCH3 is 1. The van der Waals surface area contributed by atoms with Crippen LogP contribution in [0.3, 0.4) is 0 Å². The largest absolute Gasteiger partial charge is 0.465 e. The highest BCUT2D eigenvalue weighted by Crippen LogP contribution is 2.47. The van der Waals surface area contributed by atoms with E-state index in [1.807, 2.05) is 12.1 Å². The molecule has 3 aromatic rings. The minimum atomic E-state index is -0.452. The van der Waals surface area contributed by atoms with Crippen molar-refractivity contribution in [3.8, 4) is 0 Å². The van der Waals surface area contributed by atoms with Crippen LogP contribution in [-0.2, 0) is 14.2 Å². The molecule has 0 N–H and O–H groups in total. The van der Waals surface area contributed by atoms with Crippen molar-refractivity contribution in [2.24, 2.45) is 11.8 Å². The van der Waals surface area contributed by atoms with E-state index in [1.54, 1.807) is 60.7 Å². The highest BCUT2D eigenvalue weighted by Gasteiger charge is 2.44. The van der Waals surface area contributed by atoms with Crippen molar-refractivity contribution in [1.29, 1.82) is 0 Å².